The Hall–Kier alpha value is -3.28. The smallest absolute Gasteiger partial charge is 0.328 e. The zero-order valence-electron chi connectivity index (χ0n) is 19.5. The van der Waals surface area contributed by atoms with Gasteiger partial charge in [-0.05, 0) is 80.6 Å². The fourth-order valence-electron chi connectivity index (χ4n) is 4.72. The molecule has 1 aromatic heterocycles. The fraction of sp³-hybridized carbons (Fsp3) is 0.385. The van der Waals surface area contributed by atoms with Crippen molar-refractivity contribution in [1.82, 2.24) is 14.8 Å². The first-order chi connectivity index (χ1) is 15.2. The largest absolute Gasteiger partial charge is 0.508 e. The number of nitrogens with zero attached hydrogens (tertiary/aromatic N) is 2. The van der Waals surface area contributed by atoms with Gasteiger partial charge in [-0.2, -0.15) is 0 Å². The molecule has 0 aliphatic carbocycles. The Morgan fingerprint density at radius 3 is 2.44 bits per heavy atom. The topological polar surface area (TPSA) is 76.6 Å². The maximum Gasteiger partial charge on any atom is 0.328 e. The Balaban J connectivity index is 0.000000260. The standard InChI is InChI=1S/C19H23N3O2.C7H8O/c1-5-6-21-17(23)19(4)9-14-13-7-11(2)12(3)8-15(13)20-16(14)10-22(19)18(21)24;1-6-3-2-4-7(8)5-6/h7-8,20H,5-6,9-10H2,1-4H3;2-5,8H,1H3/t19-;/m0./s1. The van der Waals surface area contributed by atoms with Crippen LogP contribution in [0.4, 0.5) is 4.79 Å². The van der Waals surface area contributed by atoms with E-state index in [0.29, 0.717) is 25.3 Å². The highest BCUT2D eigenvalue weighted by Gasteiger charge is 2.56. The minimum atomic E-state index is -0.757. The number of phenols is 1. The number of carbonyl (C=O) groups is 2. The van der Waals surface area contributed by atoms with Crippen LogP contribution in [0.1, 0.15) is 48.2 Å². The molecule has 0 spiro atoms. The number of phenolic OH excluding ortho intramolecular Hbond substituents is 1. The molecule has 32 heavy (non-hydrogen) atoms. The summed E-state index contributed by atoms with van der Waals surface area (Å²) in [6.07, 6.45) is 1.36. The van der Waals surface area contributed by atoms with Gasteiger partial charge in [-0.1, -0.05) is 19.1 Å². The van der Waals surface area contributed by atoms with Crippen LogP contribution < -0.4 is 0 Å². The molecule has 3 heterocycles. The molecule has 168 valence electrons. The van der Waals surface area contributed by atoms with E-state index >= 15 is 0 Å². The molecule has 6 heteroatoms. The van der Waals surface area contributed by atoms with Gasteiger partial charge in [-0.15, -0.1) is 0 Å². The van der Waals surface area contributed by atoms with Crippen LogP contribution in [0.15, 0.2) is 36.4 Å². The molecule has 0 bridgehead atoms. The van der Waals surface area contributed by atoms with Crippen molar-refractivity contribution in [3.05, 3.63) is 64.3 Å². The van der Waals surface area contributed by atoms with E-state index in [-0.39, 0.29) is 11.9 Å². The van der Waals surface area contributed by atoms with Crippen LogP contribution in [0.25, 0.3) is 10.9 Å². The molecule has 0 radical (unpaired) electrons. The van der Waals surface area contributed by atoms with Gasteiger partial charge < -0.3 is 15.0 Å². The van der Waals surface area contributed by atoms with Gasteiger partial charge >= 0.3 is 6.03 Å². The van der Waals surface area contributed by atoms with Gasteiger partial charge in [-0.3, -0.25) is 9.69 Å². The number of fused-ring (bicyclic) bond motifs is 4. The lowest BCUT2D eigenvalue weighted by molar-refractivity contribution is -0.133. The number of imide groups is 1. The summed E-state index contributed by atoms with van der Waals surface area (Å²) in [5.74, 6) is 0.281. The highest BCUT2D eigenvalue weighted by atomic mass is 16.3. The molecule has 3 amide bonds. The van der Waals surface area contributed by atoms with E-state index in [1.54, 1.807) is 17.0 Å². The number of nitrogens with one attached hydrogen (secondary N) is 1. The summed E-state index contributed by atoms with van der Waals surface area (Å²) >= 11 is 0. The van der Waals surface area contributed by atoms with Crippen molar-refractivity contribution in [2.24, 2.45) is 0 Å². The maximum absolute atomic E-state index is 12.9. The SMILES string of the molecule is CCCN1C(=O)N2Cc3[nH]c4cc(C)c(C)cc4c3C[C@@]2(C)C1=O.Cc1cccc(O)c1. The lowest BCUT2D eigenvalue weighted by Gasteiger charge is -2.36. The quantitative estimate of drug-likeness (QED) is 0.560. The van der Waals surface area contributed by atoms with E-state index in [1.807, 2.05) is 32.9 Å². The zero-order chi connectivity index (χ0) is 23.2. The van der Waals surface area contributed by atoms with Crippen LogP contribution in [0.3, 0.4) is 0 Å². The summed E-state index contributed by atoms with van der Waals surface area (Å²) in [7, 11) is 0. The average molecular weight is 434 g/mol. The van der Waals surface area contributed by atoms with Gasteiger partial charge in [0.15, 0.2) is 0 Å². The number of aromatic nitrogens is 1. The Morgan fingerprint density at radius 1 is 1.09 bits per heavy atom. The zero-order valence-corrected chi connectivity index (χ0v) is 19.5. The minimum absolute atomic E-state index is 0.0572. The molecule has 0 saturated carbocycles. The number of aryl methyl sites for hydroxylation is 3. The molecule has 2 N–H and O–H groups in total. The van der Waals surface area contributed by atoms with Crippen molar-refractivity contribution < 1.29 is 14.7 Å². The molecule has 2 aromatic carbocycles. The molecule has 0 unspecified atom stereocenters. The summed E-state index contributed by atoms with van der Waals surface area (Å²) < 4.78 is 0. The van der Waals surface area contributed by atoms with Gasteiger partial charge in [0.2, 0.25) is 0 Å². The van der Waals surface area contributed by atoms with Crippen LogP contribution in [-0.4, -0.2) is 43.9 Å². The third kappa shape index (κ3) is 3.53. The van der Waals surface area contributed by atoms with Crippen LogP contribution in [0.5, 0.6) is 5.75 Å². The Kier molecular flexibility index (Phi) is 5.49. The highest BCUT2D eigenvalue weighted by molar-refractivity contribution is 6.07. The van der Waals surface area contributed by atoms with E-state index in [0.717, 1.165) is 23.2 Å². The molecular formula is C26H31N3O3. The molecule has 3 aromatic rings. The fourth-order valence-corrected chi connectivity index (χ4v) is 4.72. The predicted octanol–water partition coefficient (Wildman–Crippen LogP) is 4.97. The number of hydrogen-bond donors (Lipinski definition) is 2. The van der Waals surface area contributed by atoms with Crippen molar-refractivity contribution in [2.45, 2.75) is 59.5 Å². The van der Waals surface area contributed by atoms with Crippen molar-refractivity contribution >= 4 is 22.8 Å². The maximum atomic E-state index is 12.9. The first-order valence-corrected chi connectivity index (χ1v) is 11.2. The number of hydrogen-bond acceptors (Lipinski definition) is 3. The minimum Gasteiger partial charge on any atom is -0.508 e. The van der Waals surface area contributed by atoms with Crippen molar-refractivity contribution in [3.63, 3.8) is 0 Å². The van der Waals surface area contributed by atoms with Crippen LogP contribution >= 0.6 is 0 Å². The third-order valence-corrected chi connectivity index (χ3v) is 6.66. The van der Waals surface area contributed by atoms with E-state index in [9.17, 15) is 9.59 Å². The second-order valence-electron chi connectivity index (χ2n) is 9.18. The number of carbonyl (C=O) groups excluding carboxylic acids is 2. The number of H-pyrrole nitrogens is 1. The number of urea groups is 1. The van der Waals surface area contributed by atoms with E-state index in [4.69, 9.17) is 5.11 Å². The second kappa shape index (κ2) is 8.01. The molecule has 1 atom stereocenters. The van der Waals surface area contributed by atoms with Crippen molar-refractivity contribution in [2.75, 3.05) is 6.54 Å². The van der Waals surface area contributed by atoms with Crippen molar-refractivity contribution in [1.29, 1.82) is 0 Å². The first-order valence-electron chi connectivity index (χ1n) is 11.2. The Morgan fingerprint density at radius 2 is 1.81 bits per heavy atom. The average Bonchev–Trinajstić information content (AvgIpc) is 3.15. The summed E-state index contributed by atoms with van der Waals surface area (Å²) in [5, 5.41) is 10.00. The number of aromatic hydroxyl groups is 1. The summed E-state index contributed by atoms with van der Waals surface area (Å²) in [6.45, 7) is 11.0. The molecule has 1 fully saturated rings. The third-order valence-electron chi connectivity index (χ3n) is 6.66. The van der Waals surface area contributed by atoms with Crippen LogP contribution in [0, 0.1) is 20.8 Å². The van der Waals surface area contributed by atoms with E-state index in [2.05, 4.69) is 31.0 Å². The molecular weight excluding hydrogens is 402 g/mol. The summed E-state index contributed by atoms with van der Waals surface area (Å²) in [4.78, 5) is 32.2. The van der Waals surface area contributed by atoms with Crippen LogP contribution in [-0.2, 0) is 17.8 Å². The molecule has 5 rings (SSSR count). The van der Waals surface area contributed by atoms with Gasteiger partial charge in [-0.25, -0.2) is 4.79 Å². The highest BCUT2D eigenvalue weighted by Crippen LogP contribution is 2.41. The Bertz CT molecular complexity index is 1200. The molecule has 1 saturated heterocycles. The number of benzene rings is 2. The van der Waals surface area contributed by atoms with Gasteiger partial charge in [0, 0.05) is 29.6 Å². The van der Waals surface area contributed by atoms with E-state index < -0.39 is 5.54 Å². The van der Waals surface area contributed by atoms with Gasteiger partial charge in [0.05, 0.1) is 6.54 Å². The number of rotatable bonds is 2. The van der Waals surface area contributed by atoms with Gasteiger partial charge in [0.25, 0.3) is 5.91 Å². The monoisotopic (exact) mass is 433 g/mol. The second-order valence-corrected chi connectivity index (χ2v) is 9.18. The molecule has 2 aliphatic rings. The lowest BCUT2D eigenvalue weighted by Crippen LogP contribution is -2.51. The summed E-state index contributed by atoms with van der Waals surface area (Å²) in [5.41, 5.74) is 6.17. The lowest BCUT2D eigenvalue weighted by atomic mass is 9.86. The molecule has 2 aliphatic heterocycles. The van der Waals surface area contributed by atoms with Crippen LogP contribution in [0.2, 0.25) is 0 Å². The van der Waals surface area contributed by atoms with Crippen molar-refractivity contribution in [3.8, 4) is 5.75 Å². The van der Waals surface area contributed by atoms with Gasteiger partial charge in [0.1, 0.15) is 11.3 Å². The number of amides is 3. The normalized spacial score (nSPS) is 19.7. The Labute approximate surface area is 188 Å². The summed E-state index contributed by atoms with van der Waals surface area (Å²) in [6, 6.07) is 11.4. The molecule has 6 nitrogen and oxygen atoms in total. The number of aromatic amines is 1. The predicted molar refractivity (Wildman–Crippen MR) is 126 cm³/mol. The van der Waals surface area contributed by atoms with E-state index in [1.165, 1.54) is 27.0 Å². The first kappa shape index (κ1) is 21.9.